The van der Waals surface area contributed by atoms with Crippen molar-refractivity contribution in [2.45, 2.75) is 51.5 Å². The Labute approximate surface area is 167 Å². The van der Waals surface area contributed by atoms with Crippen molar-refractivity contribution in [2.24, 2.45) is 0 Å². The first-order valence-corrected chi connectivity index (χ1v) is 11.1. The van der Waals surface area contributed by atoms with Gasteiger partial charge in [0.25, 0.3) is 5.91 Å². The Hall–Kier alpha value is -2.18. The van der Waals surface area contributed by atoms with Crippen molar-refractivity contribution in [3.05, 3.63) is 64.2 Å². The van der Waals surface area contributed by atoms with Crippen molar-refractivity contribution in [3.63, 3.8) is 0 Å². The molecule has 1 aliphatic heterocycles. The summed E-state index contributed by atoms with van der Waals surface area (Å²) in [5.74, 6) is -0.174. The number of hydrogen-bond donors (Lipinski definition) is 1. The van der Waals surface area contributed by atoms with Crippen LogP contribution >= 0.6 is 0 Å². The molecule has 3 rings (SSSR count). The van der Waals surface area contributed by atoms with E-state index in [9.17, 15) is 13.2 Å². The van der Waals surface area contributed by atoms with E-state index in [1.165, 1.54) is 0 Å². The first-order chi connectivity index (χ1) is 13.2. The van der Waals surface area contributed by atoms with Crippen LogP contribution in [-0.2, 0) is 10.0 Å². The van der Waals surface area contributed by atoms with Crippen molar-refractivity contribution < 1.29 is 13.2 Å². The van der Waals surface area contributed by atoms with Gasteiger partial charge in [-0.1, -0.05) is 35.4 Å². The van der Waals surface area contributed by atoms with E-state index in [4.69, 9.17) is 0 Å². The van der Waals surface area contributed by atoms with E-state index < -0.39 is 10.0 Å². The summed E-state index contributed by atoms with van der Waals surface area (Å²) in [7, 11) is -3.60. The van der Waals surface area contributed by atoms with Crippen LogP contribution < -0.4 is 5.32 Å². The number of nitrogens with zero attached hydrogens (tertiary/aromatic N) is 1. The molecule has 1 atom stereocenters. The minimum Gasteiger partial charge on any atom is -0.350 e. The minimum absolute atomic E-state index is 0.174. The predicted octanol–water partition coefficient (Wildman–Crippen LogP) is 3.50. The van der Waals surface area contributed by atoms with Gasteiger partial charge >= 0.3 is 0 Å². The molecule has 1 heterocycles. The third kappa shape index (κ3) is 4.13. The fourth-order valence-corrected chi connectivity index (χ4v) is 6.15. The molecule has 0 spiro atoms. The summed E-state index contributed by atoms with van der Waals surface area (Å²) in [6.07, 6.45) is 1.55. The van der Waals surface area contributed by atoms with E-state index >= 15 is 0 Å². The molecular formula is C22H28N2O3S. The summed E-state index contributed by atoms with van der Waals surface area (Å²) < 4.78 is 28.3. The molecule has 2 aromatic rings. The van der Waals surface area contributed by atoms with E-state index in [0.29, 0.717) is 23.5 Å². The van der Waals surface area contributed by atoms with E-state index in [1.807, 2.05) is 52.0 Å². The molecule has 1 amide bonds. The van der Waals surface area contributed by atoms with E-state index in [0.717, 1.165) is 35.1 Å². The number of nitrogens with one attached hydrogen (secondary N) is 1. The molecule has 150 valence electrons. The van der Waals surface area contributed by atoms with Crippen molar-refractivity contribution in [1.29, 1.82) is 0 Å². The van der Waals surface area contributed by atoms with Crippen LogP contribution in [-0.4, -0.2) is 37.8 Å². The maximum absolute atomic E-state index is 13.4. The molecule has 1 fully saturated rings. The van der Waals surface area contributed by atoms with Crippen molar-refractivity contribution in [2.75, 3.05) is 13.1 Å². The van der Waals surface area contributed by atoms with Gasteiger partial charge in [-0.3, -0.25) is 4.79 Å². The van der Waals surface area contributed by atoms with E-state index in [2.05, 4.69) is 5.32 Å². The Balaban J connectivity index is 1.77. The highest BCUT2D eigenvalue weighted by atomic mass is 32.2. The Morgan fingerprint density at radius 3 is 2.25 bits per heavy atom. The molecule has 2 aromatic carbocycles. The number of sulfonamides is 1. The maximum atomic E-state index is 13.4. The minimum atomic E-state index is -3.60. The molecule has 0 radical (unpaired) electrons. The lowest BCUT2D eigenvalue weighted by atomic mass is 10.1. The average molecular weight is 401 g/mol. The summed E-state index contributed by atoms with van der Waals surface area (Å²) in [6.45, 7) is 8.43. The highest BCUT2D eigenvalue weighted by molar-refractivity contribution is 7.89. The second kappa shape index (κ2) is 8.05. The van der Waals surface area contributed by atoms with Gasteiger partial charge in [0.2, 0.25) is 10.0 Å². The maximum Gasteiger partial charge on any atom is 0.251 e. The molecular weight excluding hydrogens is 372 g/mol. The third-order valence-electron chi connectivity index (χ3n) is 5.31. The summed E-state index contributed by atoms with van der Waals surface area (Å²) in [5, 5.41) is 2.91. The summed E-state index contributed by atoms with van der Waals surface area (Å²) in [6, 6.07) is 10.9. The van der Waals surface area contributed by atoms with Crippen LogP contribution in [0.4, 0.5) is 0 Å². The zero-order valence-corrected chi connectivity index (χ0v) is 17.8. The quantitative estimate of drug-likeness (QED) is 0.835. The van der Waals surface area contributed by atoms with Crippen LogP contribution in [0.2, 0.25) is 0 Å². The Morgan fingerprint density at radius 1 is 1.04 bits per heavy atom. The van der Waals surface area contributed by atoms with Crippen LogP contribution in [0.25, 0.3) is 0 Å². The van der Waals surface area contributed by atoms with Gasteiger partial charge in [0, 0.05) is 24.7 Å². The number of carbonyl (C=O) groups is 1. The molecule has 0 aliphatic carbocycles. The second-order valence-corrected chi connectivity index (χ2v) is 9.54. The van der Waals surface area contributed by atoms with Crippen LogP contribution in [0.1, 0.15) is 45.5 Å². The van der Waals surface area contributed by atoms with Crippen LogP contribution in [0.5, 0.6) is 0 Å². The van der Waals surface area contributed by atoms with Crippen LogP contribution in [0.3, 0.4) is 0 Å². The Morgan fingerprint density at radius 2 is 1.64 bits per heavy atom. The zero-order chi connectivity index (χ0) is 20.5. The monoisotopic (exact) mass is 400 g/mol. The van der Waals surface area contributed by atoms with Gasteiger partial charge in [0.15, 0.2) is 0 Å². The molecule has 1 saturated heterocycles. The lowest BCUT2D eigenvalue weighted by Gasteiger charge is -2.26. The molecule has 28 heavy (non-hydrogen) atoms. The highest BCUT2D eigenvalue weighted by Gasteiger charge is 2.37. The van der Waals surface area contributed by atoms with Gasteiger partial charge in [-0.25, -0.2) is 8.42 Å². The van der Waals surface area contributed by atoms with Gasteiger partial charge in [0.05, 0.1) is 4.90 Å². The Kier molecular flexibility index (Phi) is 5.91. The summed E-state index contributed by atoms with van der Waals surface area (Å²) >= 11 is 0. The molecule has 0 saturated carbocycles. The first kappa shape index (κ1) is 20.6. The SMILES string of the molecule is Cc1ccc(C(=O)NCC2CCCN2S(=O)(=O)c2c(C)cc(C)cc2C)cc1. The zero-order valence-electron chi connectivity index (χ0n) is 17.0. The van der Waals surface area contributed by atoms with Gasteiger partial charge in [-0.15, -0.1) is 0 Å². The largest absolute Gasteiger partial charge is 0.350 e. The lowest BCUT2D eigenvalue weighted by Crippen LogP contribution is -2.43. The van der Waals surface area contributed by atoms with Crippen LogP contribution in [0, 0.1) is 27.7 Å². The first-order valence-electron chi connectivity index (χ1n) is 9.64. The molecule has 6 heteroatoms. The van der Waals surface area contributed by atoms with Crippen molar-refractivity contribution in [3.8, 4) is 0 Å². The number of aryl methyl sites for hydroxylation is 4. The van der Waals surface area contributed by atoms with Gasteiger partial charge < -0.3 is 5.32 Å². The topological polar surface area (TPSA) is 66.5 Å². The molecule has 5 nitrogen and oxygen atoms in total. The molecule has 0 aromatic heterocycles. The van der Waals surface area contributed by atoms with Gasteiger partial charge in [-0.2, -0.15) is 4.31 Å². The fourth-order valence-electron chi connectivity index (χ4n) is 4.04. The van der Waals surface area contributed by atoms with Gasteiger partial charge in [0.1, 0.15) is 0 Å². The second-order valence-electron chi connectivity index (χ2n) is 7.72. The number of carbonyl (C=O) groups excluding carboxylic acids is 1. The average Bonchev–Trinajstić information content (AvgIpc) is 3.08. The smallest absolute Gasteiger partial charge is 0.251 e. The number of hydrogen-bond acceptors (Lipinski definition) is 3. The fraction of sp³-hybridized carbons (Fsp3) is 0.409. The highest BCUT2D eigenvalue weighted by Crippen LogP contribution is 2.30. The van der Waals surface area contributed by atoms with Gasteiger partial charge in [-0.05, 0) is 63.8 Å². The molecule has 0 bridgehead atoms. The summed E-state index contributed by atoms with van der Waals surface area (Å²) in [5.41, 5.74) is 4.27. The standard InChI is InChI=1S/C22H28N2O3S/c1-15-7-9-19(10-8-15)22(25)23-14-20-6-5-11-24(20)28(26,27)21-17(3)12-16(2)13-18(21)4/h7-10,12-13,20H,5-6,11,14H2,1-4H3,(H,23,25). The van der Waals surface area contributed by atoms with Crippen molar-refractivity contribution >= 4 is 15.9 Å². The van der Waals surface area contributed by atoms with E-state index in [-0.39, 0.29) is 11.9 Å². The lowest BCUT2D eigenvalue weighted by molar-refractivity contribution is 0.0946. The molecule has 1 unspecified atom stereocenters. The van der Waals surface area contributed by atoms with Crippen LogP contribution in [0.15, 0.2) is 41.3 Å². The number of benzene rings is 2. The molecule has 1 aliphatic rings. The predicted molar refractivity (Wildman–Crippen MR) is 111 cm³/mol. The normalized spacial score (nSPS) is 17.6. The summed E-state index contributed by atoms with van der Waals surface area (Å²) in [4.78, 5) is 12.8. The Bertz CT molecular complexity index is 958. The van der Waals surface area contributed by atoms with Crippen molar-refractivity contribution in [1.82, 2.24) is 9.62 Å². The number of amides is 1. The number of rotatable bonds is 5. The van der Waals surface area contributed by atoms with E-state index in [1.54, 1.807) is 16.4 Å². The third-order valence-corrected chi connectivity index (χ3v) is 7.56. The molecule has 1 N–H and O–H groups in total.